The molecule has 1 amide bonds. The zero-order valence-corrected chi connectivity index (χ0v) is 52.0. The van der Waals surface area contributed by atoms with Crippen molar-refractivity contribution in [2.24, 2.45) is 0 Å². The van der Waals surface area contributed by atoms with Crippen molar-refractivity contribution < 1.29 is 51.8 Å². The maximum Gasteiger partial charge on any atom is 0.397 e. The molecule has 468 valence electrons. The van der Waals surface area contributed by atoms with Crippen LogP contribution in [0.1, 0.15) is 335 Å². The third-order valence-electron chi connectivity index (χ3n) is 16.2. The van der Waals surface area contributed by atoms with Gasteiger partial charge in [-0.2, -0.15) is 8.42 Å². The third kappa shape index (κ3) is 47.6. The first-order chi connectivity index (χ1) is 38.5. The van der Waals surface area contributed by atoms with E-state index < -0.39 is 59.9 Å². The topological polar surface area (TPSA) is 192 Å². The van der Waals surface area contributed by atoms with Gasteiger partial charge in [0.05, 0.1) is 25.4 Å². The number of nitrogens with one attached hydrogen (secondary N) is 1. The summed E-state index contributed by atoms with van der Waals surface area (Å²) in [4.78, 5) is 13.2. The van der Waals surface area contributed by atoms with E-state index >= 15 is 0 Å². The molecule has 6 N–H and O–H groups in total. The Labute approximate surface area is 486 Å². The highest BCUT2D eigenvalue weighted by molar-refractivity contribution is 7.80. The summed E-state index contributed by atoms with van der Waals surface area (Å²) in [5.74, 6) is -0.256. The van der Waals surface area contributed by atoms with E-state index in [1.54, 1.807) is 6.08 Å². The molecule has 0 aliphatic carbocycles. The van der Waals surface area contributed by atoms with Crippen LogP contribution >= 0.6 is 0 Å². The molecule has 0 spiro atoms. The van der Waals surface area contributed by atoms with Crippen LogP contribution in [0.15, 0.2) is 24.3 Å². The summed E-state index contributed by atoms with van der Waals surface area (Å²) in [6.45, 7) is 3.45. The highest BCUT2D eigenvalue weighted by Gasteiger charge is 2.48. The van der Waals surface area contributed by atoms with Gasteiger partial charge in [0.1, 0.15) is 24.4 Å². The van der Waals surface area contributed by atoms with E-state index in [1.807, 2.05) is 6.08 Å². The van der Waals surface area contributed by atoms with Gasteiger partial charge < -0.3 is 35.2 Å². The van der Waals surface area contributed by atoms with Crippen LogP contribution in [0.25, 0.3) is 0 Å². The molecule has 7 unspecified atom stereocenters. The molecule has 1 heterocycles. The van der Waals surface area contributed by atoms with Gasteiger partial charge in [0.25, 0.3) is 0 Å². The lowest BCUT2D eigenvalue weighted by Crippen LogP contribution is -2.61. The first-order valence-electron chi connectivity index (χ1n) is 33.7. The largest absolute Gasteiger partial charge is 0.397 e. The minimum atomic E-state index is -5.09. The lowest BCUT2D eigenvalue weighted by molar-refractivity contribution is -0.298. The van der Waals surface area contributed by atoms with Crippen LogP contribution in [-0.2, 0) is 28.9 Å². The van der Waals surface area contributed by atoms with Crippen LogP contribution in [0.3, 0.4) is 0 Å². The Morgan fingerprint density at radius 3 is 1.14 bits per heavy atom. The summed E-state index contributed by atoms with van der Waals surface area (Å²) in [6.07, 6.45) is 62.5. The number of carbonyl (C=O) groups is 1. The van der Waals surface area contributed by atoms with Gasteiger partial charge in [0.15, 0.2) is 6.29 Å². The molecule has 1 saturated heterocycles. The van der Waals surface area contributed by atoms with Crippen molar-refractivity contribution in [3.8, 4) is 0 Å². The van der Waals surface area contributed by atoms with E-state index in [-0.39, 0.29) is 18.9 Å². The summed E-state index contributed by atoms with van der Waals surface area (Å²) in [6, 6.07) is -0.943. The van der Waals surface area contributed by atoms with Gasteiger partial charge in [0, 0.05) is 6.42 Å². The molecular weight excluding hydrogens is 1010 g/mol. The average molecular weight is 1140 g/mol. The second kappa shape index (κ2) is 55.8. The predicted octanol–water partition coefficient (Wildman–Crippen LogP) is 17.1. The van der Waals surface area contributed by atoms with Crippen LogP contribution < -0.4 is 5.32 Å². The maximum atomic E-state index is 13.2. The molecular formula is C66H127NO11S. The number of hydrogen-bond donors (Lipinski definition) is 6. The van der Waals surface area contributed by atoms with Crippen LogP contribution in [0, 0.1) is 0 Å². The van der Waals surface area contributed by atoms with Gasteiger partial charge in [-0.05, 0) is 44.9 Å². The first kappa shape index (κ1) is 75.6. The smallest absolute Gasteiger partial charge is 0.394 e. The summed E-state index contributed by atoms with van der Waals surface area (Å²) < 4.78 is 48.0. The Kier molecular flexibility index (Phi) is 53.3. The van der Waals surface area contributed by atoms with Crippen molar-refractivity contribution >= 4 is 16.3 Å². The number of ether oxygens (including phenoxy) is 2. The fourth-order valence-corrected chi connectivity index (χ4v) is 11.6. The first-order valence-corrected chi connectivity index (χ1v) is 35.1. The molecule has 1 rings (SSSR count). The number of aliphatic hydroxyl groups is 4. The van der Waals surface area contributed by atoms with E-state index in [0.29, 0.717) is 6.42 Å². The van der Waals surface area contributed by atoms with Gasteiger partial charge in [0.2, 0.25) is 5.91 Å². The van der Waals surface area contributed by atoms with Crippen molar-refractivity contribution in [2.45, 2.75) is 378 Å². The molecule has 0 saturated carbocycles. The fraction of sp³-hybridized carbons (Fsp3) is 0.924. The molecule has 79 heavy (non-hydrogen) atoms. The normalized spacial score (nSPS) is 18.8. The highest BCUT2D eigenvalue weighted by atomic mass is 32.3. The summed E-state index contributed by atoms with van der Waals surface area (Å²) >= 11 is 0. The van der Waals surface area contributed by atoms with Crippen LogP contribution in [0.2, 0.25) is 0 Å². The van der Waals surface area contributed by atoms with E-state index in [2.05, 4.69) is 35.5 Å². The Morgan fingerprint density at radius 1 is 0.494 bits per heavy atom. The molecule has 1 aliphatic heterocycles. The second-order valence-electron chi connectivity index (χ2n) is 23.8. The quantitative estimate of drug-likeness (QED) is 0.0193. The molecule has 0 radical (unpaired) electrons. The maximum absolute atomic E-state index is 13.2. The molecule has 0 aromatic carbocycles. The monoisotopic (exact) mass is 1140 g/mol. The van der Waals surface area contributed by atoms with Gasteiger partial charge in [-0.15, -0.1) is 0 Å². The number of aliphatic hydroxyl groups excluding tert-OH is 4. The van der Waals surface area contributed by atoms with Gasteiger partial charge in [-0.3, -0.25) is 9.35 Å². The summed E-state index contributed by atoms with van der Waals surface area (Å²) in [7, 11) is -5.09. The second-order valence-corrected chi connectivity index (χ2v) is 24.8. The third-order valence-corrected chi connectivity index (χ3v) is 16.7. The minimum absolute atomic E-state index is 0.256. The van der Waals surface area contributed by atoms with Gasteiger partial charge in [-0.25, -0.2) is 4.18 Å². The fourth-order valence-electron chi connectivity index (χ4n) is 11.0. The van der Waals surface area contributed by atoms with Gasteiger partial charge >= 0.3 is 10.4 Å². The van der Waals surface area contributed by atoms with Crippen LogP contribution in [0.4, 0.5) is 0 Å². The Morgan fingerprint density at radius 2 is 0.810 bits per heavy atom. The SMILES string of the molecule is CCCCCCCCCCCCCC/C=C\CCCCCCCCCCCCCCCCCCC(=O)NC(COC1OC(CO)C(O)C(OS(=O)(=O)O)C1O)C(O)/C=C/CCCCCCCCCCCCCCCCCCCC. The zero-order valence-electron chi connectivity index (χ0n) is 51.2. The van der Waals surface area contributed by atoms with E-state index in [1.165, 1.54) is 270 Å². The van der Waals surface area contributed by atoms with Crippen molar-refractivity contribution in [1.29, 1.82) is 0 Å². The number of hydrogen-bond acceptors (Lipinski definition) is 10. The average Bonchev–Trinajstić information content (AvgIpc) is 3.44. The predicted molar refractivity (Wildman–Crippen MR) is 329 cm³/mol. The van der Waals surface area contributed by atoms with Crippen molar-refractivity contribution in [3.63, 3.8) is 0 Å². The Bertz CT molecular complexity index is 1480. The molecule has 0 aromatic rings. The van der Waals surface area contributed by atoms with Crippen molar-refractivity contribution in [1.82, 2.24) is 5.32 Å². The summed E-state index contributed by atoms with van der Waals surface area (Å²) in [5, 5.41) is 45.1. The van der Waals surface area contributed by atoms with Crippen molar-refractivity contribution in [2.75, 3.05) is 13.2 Å². The molecule has 13 heteroatoms. The Hall–Kier alpha value is -1.42. The highest BCUT2D eigenvalue weighted by Crippen LogP contribution is 2.26. The lowest BCUT2D eigenvalue weighted by atomic mass is 9.99. The number of allylic oxidation sites excluding steroid dienone is 3. The number of carbonyl (C=O) groups excluding carboxylic acids is 1. The molecule has 0 bridgehead atoms. The minimum Gasteiger partial charge on any atom is -0.394 e. The van der Waals surface area contributed by atoms with E-state index in [0.717, 1.165) is 38.5 Å². The van der Waals surface area contributed by atoms with E-state index in [4.69, 9.17) is 9.47 Å². The van der Waals surface area contributed by atoms with Gasteiger partial charge in [-0.1, -0.05) is 308 Å². The summed E-state index contributed by atoms with van der Waals surface area (Å²) in [5.41, 5.74) is 0. The number of unbranched alkanes of at least 4 members (excludes halogenated alkanes) is 46. The van der Waals surface area contributed by atoms with Crippen LogP contribution in [0.5, 0.6) is 0 Å². The van der Waals surface area contributed by atoms with Crippen molar-refractivity contribution in [3.05, 3.63) is 24.3 Å². The number of rotatable bonds is 60. The Balaban J connectivity index is 2.24. The zero-order chi connectivity index (χ0) is 57.5. The molecule has 1 fully saturated rings. The van der Waals surface area contributed by atoms with E-state index in [9.17, 15) is 38.2 Å². The molecule has 0 aromatic heterocycles. The van der Waals surface area contributed by atoms with Crippen LogP contribution in [-0.4, -0.2) is 95.4 Å². The molecule has 12 nitrogen and oxygen atoms in total. The lowest BCUT2D eigenvalue weighted by Gasteiger charge is -2.41. The molecule has 7 atom stereocenters. The standard InChI is InChI=1S/C66H127NO11S/c1-3-5-7-9-11-13-15-17-19-21-23-25-26-27-28-29-30-31-32-33-34-35-36-38-40-42-44-46-48-50-52-54-56-62(70)67-59(58-76-66-64(72)65(78-79(73,74)75)63(71)61(57-68)77-66)60(69)55-53-51-49-47-45-43-41-39-37-24-22-20-18-16-14-12-10-8-6-4-2/h27-28,53,55,59-61,63-66,68-69,71-72H,3-26,29-52,54,56-58H2,1-2H3,(H,67,70)(H,73,74,75)/b28-27-,55-53+. The number of amides is 1. The molecule has 1 aliphatic rings.